The fourth-order valence-corrected chi connectivity index (χ4v) is 3.04. The van der Waals surface area contributed by atoms with E-state index in [4.69, 9.17) is 23.2 Å². The van der Waals surface area contributed by atoms with Gasteiger partial charge in [-0.25, -0.2) is 0 Å². The second-order valence-electron chi connectivity index (χ2n) is 5.43. The first-order valence-electron chi connectivity index (χ1n) is 5.87. The predicted octanol–water partition coefficient (Wildman–Crippen LogP) is 4.48. The molecule has 0 aliphatic heterocycles. The smallest absolute Gasteiger partial charge is 0.263 e. The average molecular weight is 308 g/mol. The van der Waals surface area contributed by atoms with Gasteiger partial charge in [-0.2, -0.15) is 0 Å². The maximum absolute atomic E-state index is 12.2. The number of rotatable bonds is 4. The molecule has 0 radical (unpaired) electrons. The summed E-state index contributed by atoms with van der Waals surface area (Å²) in [5.41, 5.74) is 0.917. The number of thiophene rings is 1. The Hall–Kier alpha value is -0.250. The van der Waals surface area contributed by atoms with Gasteiger partial charge in [-0.3, -0.25) is 4.79 Å². The number of hydrogen-bond donors (Lipinski definition) is 1. The van der Waals surface area contributed by atoms with Crippen molar-refractivity contribution in [1.29, 1.82) is 0 Å². The summed E-state index contributed by atoms with van der Waals surface area (Å²) in [6.07, 6.45) is 0.749. The molecule has 2 nitrogen and oxygen atoms in total. The van der Waals surface area contributed by atoms with Crippen molar-refractivity contribution in [2.24, 2.45) is 5.41 Å². The molecule has 0 aromatic carbocycles. The van der Waals surface area contributed by atoms with E-state index in [0.29, 0.717) is 15.8 Å². The van der Waals surface area contributed by atoms with Crippen LogP contribution in [0.1, 0.15) is 42.4 Å². The number of aryl methyl sites for hydroxylation is 1. The van der Waals surface area contributed by atoms with E-state index in [9.17, 15) is 4.79 Å². The third-order valence-electron chi connectivity index (χ3n) is 2.85. The number of nitrogens with one attached hydrogen (secondary N) is 1. The number of carbonyl (C=O) groups is 1. The molecule has 1 unspecified atom stereocenters. The van der Waals surface area contributed by atoms with E-state index in [1.54, 1.807) is 0 Å². The summed E-state index contributed by atoms with van der Waals surface area (Å²) < 4.78 is 0. The van der Waals surface area contributed by atoms with Crippen LogP contribution in [0.4, 0.5) is 0 Å². The highest BCUT2D eigenvalue weighted by Gasteiger charge is 2.27. The highest BCUT2D eigenvalue weighted by atomic mass is 35.5. The number of carbonyl (C=O) groups excluding carboxylic acids is 1. The largest absolute Gasteiger partial charge is 0.348 e. The topological polar surface area (TPSA) is 29.1 Å². The molecule has 102 valence electrons. The van der Waals surface area contributed by atoms with Gasteiger partial charge in [-0.1, -0.05) is 32.4 Å². The van der Waals surface area contributed by atoms with Crippen LogP contribution in [0.2, 0.25) is 5.02 Å². The molecule has 1 aromatic rings. The van der Waals surface area contributed by atoms with Crippen LogP contribution in [-0.4, -0.2) is 17.8 Å². The van der Waals surface area contributed by atoms with E-state index in [-0.39, 0.29) is 17.4 Å². The first kappa shape index (κ1) is 15.8. The van der Waals surface area contributed by atoms with Crippen LogP contribution in [-0.2, 0) is 0 Å². The Kier molecular flexibility index (Phi) is 5.50. The van der Waals surface area contributed by atoms with Crippen LogP contribution < -0.4 is 5.32 Å². The van der Waals surface area contributed by atoms with Crippen molar-refractivity contribution in [1.82, 2.24) is 5.32 Å². The molecule has 0 fully saturated rings. The quantitative estimate of drug-likeness (QED) is 0.816. The van der Waals surface area contributed by atoms with Crippen LogP contribution in [0.25, 0.3) is 0 Å². The van der Waals surface area contributed by atoms with E-state index in [2.05, 4.69) is 26.1 Å². The molecule has 1 atom stereocenters. The normalized spacial score (nSPS) is 13.4. The summed E-state index contributed by atoms with van der Waals surface area (Å²) in [5.74, 6) is 0.419. The standard InChI is InChI=1S/C13H19Cl2NOS/c1-8-7-18-11(10(8)15)12(17)16-9(5-6-14)13(2,3)4/h7,9H,5-6H2,1-4H3,(H,16,17). The van der Waals surface area contributed by atoms with Gasteiger partial charge in [0.15, 0.2) is 0 Å². The van der Waals surface area contributed by atoms with E-state index in [1.165, 1.54) is 11.3 Å². The number of hydrogen-bond acceptors (Lipinski definition) is 2. The molecule has 1 heterocycles. The summed E-state index contributed by atoms with van der Waals surface area (Å²) >= 11 is 13.3. The van der Waals surface area contributed by atoms with E-state index in [0.717, 1.165) is 12.0 Å². The number of halogens is 2. The molecule has 1 aromatic heterocycles. The molecular formula is C13H19Cl2NOS. The molecule has 1 amide bonds. The highest BCUT2D eigenvalue weighted by molar-refractivity contribution is 7.13. The van der Waals surface area contributed by atoms with Crippen molar-refractivity contribution in [2.75, 3.05) is 5.88 Å². The average Bonchev–Trinajstić information content (AvgIpc) is 2.58. The van der Waals surface area contributed by atoms with Gasteiger partial charge in [-0.15, -0.1) is 22.9 Å². The van der Waals surface area contributed by atoms with Gasteiger partial charge in [0.25, 0.3) is 5.91 Å². The summed E-state index contributed by atoms with van der Waals surface area (Å²) in [5, 5.41) is 5.48. The number of alkyl halides is 1. The molecule has 0 spiro atoms. The van der Waals surface area contributed by atoms with Gasteiger partial charge < -0.3 is 5.32 Å². The minimum atomic E-state index is -0.108. The van der Waals surface area contributed by atoms with Gasteiger partial charge in [0.2, 0.25) is 0 Å². The van der Waals surface area contributed by atoms with Crippen molar-refractivity contribution in [3.8, 4) is 0 Å². The molecule has 5 heteroatoms. The molecule has 0 aliphatic carbocycles. The number of amides is 1. The minimum Gasteiger partial charge on any atom is -0.348 e. The lowest BCUT2D eigenvalue weighted by molar-refractivity contribution is 0.0905. The maximum Gasteiger partial charge on any atom is 0.263 e. The van der Waals surface area contributed by atoms with E-state index < -0.39 is 0 Å². The summed E-state index contributed by atoms with van der Waals surface area (Å²) in [4.78, 5) is 12.8. The van der Waals surface area contributed by atoms with Crippen LogP contribution in [0.3, 0.4) is 0 Å². The first-order valence-corrected chi connectivity index (χ1v) is 7.67. The molecule has 0 saturated heterocycles. The molecular weight excluding hydrogens is 289 g/mol. The summed E-state index contributed by atoms with van der Waals surface area (Å²) in [6.45, 7) is 8.17. The third kappa shape index (κ3) is 3.87. The van der Waals surface area contributed by atoms with Gasteiger partial charge in [0.1, 0.15) is 4.88 Å². The Labute approximate surface area is 123 Å². The maximum atomic E-state index is 12.2. The Morgan fingerprint density at radius 1 is 1.50 bits per heavy atom. The second kappa shape index (κ2) is 6.27. The Bertz CT molecular complexity index is 423. The first-order chi connectivity index (χ1) is 8.27. The predicted molar refractivity (Wildman–Crippen MR) is 80.1 cm³/mol. The van der Waals surface area contributed by atoms with Crippen molar-refractivity contribution < 1.29 is 4.79 Å². The van der Waals surface area contributed by atoms with Crippen LogP contribution in [0, 0.1) is 12.3 Å². The zero-order valence-electron chi connectivity index (χ0n) is 11.1. The van der Waals surface area contributed by atoms with Crippen molar-refractivity contribution in [3.63, 3.8) is 0 Å². The summed E-state index contributed by atoms with van der Waals surface area (Å²) in [6, 6.07) is 0.0426. The van der Waals surface area contributed by atoms with Gasteiger partial charge in [-0.05, 0) is 29.7 Å². The Morgan fingerprint density at radius 3 is 2.50 bits per heavy atom. The van der Waals surface area contributed by atoms with Crippen molar-refractivity contribution in [2.45, 2.75) is 40.2 Å². The zero-order valence-corrected chi connectivity index (χ0v) is 13.5. The lowest BCUT2D eigenvalue weighted by Gasteiger charge is -2.31. The van der Waals surface area contributed by atoms with Crippen LogP contribution in [0.5, 0.6) is 0 Å². The lowest BCUT2D eigenvalue weighted by atomic mass is 9.85. The van der Waals surface area contributed by atoms with E-state index >= 15 is 0 Å². The zero-order chi connectivity index (χ0) is 13.9. The second-order valence-corrected chi connectivity index (χ2v) is 7.07. The van der Waals surface area contributed by atoms with Crippen molar-refractivity contribution >= 4 is 40.4 Å². The Balaban J connectivity index is 2.82. The monoisotopic (exact) mass is 307 g/mol. The fourth-order valence-electron chi connectivity index (χ4n) is 1.64. The van der Waals surface area contributed by atoms with Crippen molar-refractivity contribution in [3.05, 3.63) is 20.8 Å². The molecule has 18 heavy (non-hydrogen) atoms. The molecule has 0 aliphatic rings. The molecule has 0 bridgehead atoms. The van der Waals surface area contributed by atoms with Gasteiger partial charge in [0.05, 0.1) is 5.02 Å². The molecule has 0 saturated carbocycles. The Morgan fingerprint density at radius 2 is 2.11 bits per heavy atom. The third-order valence-corrected chi connectivity index (χ3v) is 4.77. The highest BCUT2D eigenvalue weighted by Crippen LogP contribution is 2.28. The summed E-state index contributed by atoms with van der Waals surface area (Å²) in [7, 11) is 0. The SMILES string of the molecule is Cc1csc(C(=O)NC(CCCl)C(C)(C)C)c1Cl. The van der Waals surface area contributed by atoms with Crippen LogP contribution in [0.15, 0.2) is 5.38 Å². The van der Waals surface area contributed by atoms with E-state index in [1.807, 2.05) is 12.3 Å². The molecule has 1 N–H and O–H groups in total. The van der Waals surface area contributed by atoms with Gasteiger partial charge >= 0.3 is 0 Å². The lowest BCUT2D eigenvalue weighted by Crippen LogP contribution is -2.43. The minimum absolute atomic E-state index is 0.0245. The van der Waals surface area contributed by atoms with Gasteiger partial charge in [0, 0.05) is 11.9 Å². The van der Waals surface area contributed by atoms with Crippen LogP contribution >= 0.6 is 34.5 Å². The fraction of sp³-hybridized carbons (Fsp3) is 0.615. The molecule has 1 rings (SSSR count).